The predicted molar refractivity (Wildman–Crippen MR) is 121 cm³/mol. The quantitative estimate of drug-likeness (QED) is 0.453. The molecule has 1 N–H and O–H groups in total. The summed E-state index contributed by atoms with van der Waals surface area (Å²) in [7, 11) is 1.84. The van der Waals surface area contributed by atoms with Crippen LogP contribution in [-0.2, 0) is 30.9 Å². The summed E-state index contributed by atoms with van der Waals surface area (Å²) >= 11 is 2.88. The molecule has 1 amide bonds. The Morgan fingerprint density at radius 3 is 2.84 bits per heavy atom. The summed E-state index contributed by atoms with van der Waals surface area (Å²) in [5.41, 5.74) is 0.271. The molecule has 0 fully saturated rings. The normalized spacial score (nSPS) is 16.1. The maximum atomic E-state index is 13.1. The van der Waals surface area contributed by atoms with Crippen molar-refractivity contribution in [2.75, 3.05) is 11.1 Å². The first-order valence-electron chi connectivity index (χ1n) is 10.4. The molecule has 1 atom stereocenters. The van der Waals surface area contributed by atoms with Crippen molar-refractivity contribution in [3.05, 3.63) is 46.3 Å². The van der Waals surface area contributed by atoms with Gasteiger partial charge in [0.2, 0.25) is 5.91 Å². The second kappa shape index (κ2) is 9.27. The topological polar surface area (TPSA) is 59.8 Å². The van der Waals surface area contributed by atoms with E-state index < -0.39 is 17.6 Å². The second-order valence-electron chi connectivity index (χ2n) is 7.82. The third kappa shape index (κ3) is 4.85. The minimum absolute atomic E-state index is 0.0721. The second-order valence-corrected chi connectivity index (χ2v) is 9.90. The van der Waals surface area contributed by atoms with Gasteiger partial charge >= 0.3 is 6.18 Å². The number of hydrogen-bond acceptors (Lipinski definition) is 5. The van der Waals surface area contributed by atoms with Gasteiger partial charge in [-0.15, -0.1) is 21.5 Å². The molecule has 0 saturated heterocycles. The van der Waals surface area contributed by atoms with Gasteiger partial charge in [0.15, 0.2) is 11.0 Å². The molecule has 170 valence electrons. The van der Waals surface area contributed by atoms with Gasteiger partial charge in [-0.2, -0.15) is 13.2 Å². The summed E-state index contributed by atoms with van der Waals surface area (Å²) in [5, 5.41) is 11.4. The van der Waals surface area contributed by atoms with E-state index in [1.165, 1.54) is 41.5 Å². The number of fused-ring (bicyclic) bond motifs is 1. The molecule has 3 aromatic rings. The van der Waals surface area contributed by atoms with Crippen molar-refractivity contribution in [1.29, 1.82) is 0 Å². The predicted octanol–water partition coefficient (Wildman–Crippen LogP) is 5.81. The molecule has 10 heteroatoms. The molecule has 4 rings (SSSR count). The molecule has 0 saturated carbocycles. The van der Waals surface area contributed by atoms with Gasteiger partial charge in [0.1, 0.15) is 0 Å². The number of alkyl halides is 3. The van der Waals surface area contributed by atoms with Gasteiger partial charge in [0, 0.05) is 11.9 Å². The van der Waals surface area contributed by atoms with Gasteiger partial charge in [-0.1, -0.05) is 37.2 Å². The molecule has 1 aliphatic rings. The highest BCUT2D eigenvalue weighted by Crippen LogP contribution is 2.38. The zero-order valence-electron chi connectivity index (χ0n) is 17.7. The van der Waals surface area contributed by atoms with E-state index >= 15 is 0 Å². The smallest absolute Gasteiger partial charge is 0.325 e. The zero-order chi connectivity index (χ0) is 22.9. The Morgan fingerprint density at radius 2 is 2.09 bits per heavy atom. The number of carbonyl (C=O) groups is 1. The number of thiophene rings is 1. The van der Waals surface area contributed by atoms with Crippen LogP contribution < -0.4 is 5.32 Å². The lowest BCUT2D eigenvalue weighted by Crippen LogP contribution is -2.18. The number of carbonyl (C=O) groups excluding carboxylic acids is 1. The summed E-state index contributed by atoms with van der Waals surface area (Å²) in [6.45, 7) is 2.23. The van der Waals surface area contributed by atoms with Crippen LogP contribution in [0.25, 0.3) is 10.7 Å². The number of aryl methyl sites for hydroxylation is 1. The third-order valence-electron chi connectivity index (χ3n) is 5.66. The van der Waals surface area contributed by atoms with E-state index in [-0.39, 0.29) is 11.4 Å². The lowest BCUT2D eigenvalue weighted by atomic mass is 9.87. The van der Waals surface area contributed by atoms with Crippen LogP contribution in [0.5, 0.6) is 0 Å². The van der Waals surface area contributed by atoms with Crippen molar-refractivity contribution >= 4 is 34.7 Å². The van der Waals surface area contributed by atoms with Crippen molar-refractivity contribution in [3.63, 3.8) is 0 Å². The first-order valence-corrected chi connectivity index (χ1v) is 12.2. The van der Waals surface area contributed by atoms with Crippen LogP contribution in [0.2, 0.25) is 0 Å². The van der Waals surface area contributed by atoms with E-state index in [9.17, 15) is 18.0 Å². The molecule has 0 bridgehead atoms. The zero-order valence-corrected chi connectivity index (χ0v) is 19.3. The van der Waals surface area contributed by atoms with E-state index in [4.69, 9.17) is 0 Å². The highest BCUT2D eigenvalue weighted by Gasteiger charge is 2.33. The fourth-order valence-electron chi connectivity index (χ4n) is 3.87. The van der Waals surface area contributed by atoms with Gasteiger partial charge in [0.05, 0.1) is 21.9 Å². The molecule has 1 aliphatic carbocycles. The van der Waals surface area contributed by atoms with E-state index in [1.807, 2.05) is 11.6 Å². The number of benzene rings is 1. The molecule has 1 unspecified atom stereocenters. The molecular weight excluding hydrogens is 457 g/mol. The van der Waals surface area contributed by atoms with Crippen molar-refractivity contribution in [2.24, 2.45) is 13.0 Å². The fourth-order valence-corrected chi connectivity index (χ4v) is 5.81. The Balaban J connectivity index is 1.42. The summed E-state index contributed by atoms with van der Waals surface area (Å²) in [5.74, 6) is 0.866. The number of anilines is 1. The molecule has 2 heterocycles. The Hall–Kier alpha value is -2.33. The molecule has 32 heavy (non-hydrogen) atoms. The number of aromatic nitrogens is 3. The van der Waals surface area contributed by atoms with E-state index in [1.54, 1.807) is 11.3 Å². The summed E-state index contributed by atoms with van der Waals surface area (Å²) < 4.78 is 41.2. The number of hydrogen-bond donors (Lipinski definition) is 1. The van der Waals surface area contributed by atoms with Crippen LogP contribution >= 0.6 is 23.1 Å². The van der Waals surface area contributed by atoms with Gasteiger partial charge in [-0.3, -0.25) is 4.79 Å². The standard InChI is InChI=1S/C22H23F3N4OS2/c1-3-13-8-9-17-14(10-13)11-18(32-17)20-27-28-21(29(20)2)31-12-19(30)26-16-7-5-4-6-15(16)22(23,24)25/h4-7,11,13H,3,8-10,12H2,1-2H3,(H,26,30). The van der Waals surface area contributed by atoms with E-state index in [2.05, 4.69) is 28.5 Å². The number of nitrogens with one attached hydrogen (secondary N) is 1. The average molecular weight is 481 g/mol. The maximum Gasteiger partial charge on any atom is 0.418 e. The van der Waals surface area contributed by atoms with Gasteiger partial charge in [0.25, 0.3) is 0 Å². The fraction of sp³-hybridized carbons (Fsp3) is 0.409. The summed E-state index contributed by atoms with van der Waals surface area (Å²) in [6.07, 6.45) is 0.0618. The number of nitrogens with zero attached hydrogens (tertiary/aromatic N) is 3. The van der Waals surface area contributed by atoms with Crippen LogP contribution in [0.3, 0.4) is 0 Å². The maximum absolute atomic E-state index is 13.1. The Morgan fingerprint density at radius 1 is 1.31 bits per heavy atom. The summed E-state index contributed by atoms with van der Waals surface area (Å²) in [4.78, 5) is 14.8. The largest absolute Gasteiger partial charge is 0.418 e. The van der Waals surface area contributed by atoms with Crippen LogP contribution in [0.1, 0.15) is 35.8 Å². The minimum Gasteiger partial charge on any atom is -0.325 e. The molecule has 0 radical (unpaired) electrons. The molecule has 0 aliphatic heterocycles. The van der Waals surface area contributed by atoms with Crippen molar-refractivity contribution in [2.45, 2.75) is 43.9 Å². The molecule has 2 aromatic heterocycles. The van der Waals surface area contributed by atoms with Gasteiger partial charge in [-0.25, -0.2) is 0 Å². The molecule has 1 aromatic carbocycles. The van der Waals surface area contributed by atoms with Crippen molar-refractivity contribution < 1.29 is 18.0 Å². The molecular formula is C22H23F3N4OS2. The van der Waals surface area contributed by atoms with Crippen LogP contribution in [-0.4, -0.2) is 26.4 Å². The first kappa shape index (κ1) is 22.8. The Bertz CT molecular complexity index is 1120. The first-order chi connectivity index (χ1) is 15.3. The van der Waals surface area contributed by atoms with Crippen molar-refractivity contribution in [3.8, 4) is 10.7 Å². The number of thioether (sulfide) groups is 1. The van der Waals surface area contributed by atoms with E-state index in [0.29, 0.717) is 5.16 Å². The van der Waals surface area contributed by atoms with Crippen LogP contribution in [0, 0.1) is 5.92 Å². The summed E-state index contributed by atoms with van der Waals surface area (Å²) in [6, 6.07) is 7.13. The minimum atomic E-state index is -4.54. The lowest BCUT2D eigenvalue weighted by molar-refractivity contribution is -0.137. The molecule has 5 nitrogen and oxygen atoms in total. The van der Waals surface area contributed by atoms with Gasteiger partial charge < -0.3 is 9.88 Å². The SMILES string of the molecule is CCC1CCc2sc(-c3nnc(SCC(=O)Nc4ccccc4C(F)(F)F)n3C)cc2C1. The third-order valence-corrected chi connectivity index (χ3v) is 7.91. The lowest BCUT2D eigenvalue weighted by Gasteiger charge is -2.19. The molecule has 0 spiro atoms. The highest BCUT2D eigenvalue weighted by molar-refractivity contribution is 7.99. The number of amides is 1. The van der Waals surface area contributed by atoms with Crippen molar-refractivity contribution in [1.82, 2.24) is 14.8 Å². The average Bonchev–Trinajstić information content (AvgIpc) is 3.34. The highest BCUT2D eigenvalue weighted by atomic mass is 32.2. The Kier molecular flexibility index (Phi) is 6.62. The monoisotopic (exact) mass is 480 g/mol. The number of rotatable bonds is 6. The van der Waals surface area contributed by atoms with Crippen LogP contribution in [0.15, 0.2) is 35.5 Å². The number of para-hydroxylation sites is 1. The number of halogens is 3. The van der Waals surface area contributed by atoms with Crippen LogP contribution in [0.4, 0.5) is 18.9 Å². The van der Waals surface area contributed by atoms with E-state index in [0.717, 1.165) is 47.3 Å². The Labute approximate surface area is 192 Å². The van der Waals surface area contributed by atoms with Gasteiger partial charge in [-0.05, 0) is 48.9 Å².